The first-order chi connectivity index (χ1) is 7.00. The predicted octanol–water partition coefficient (Wildman–Crippen LogP) is 4.01. The standard InChI is InChI=1S/C12H11BrO2/c1-6-4-9-11(7(2)14)8(3)15-12(9)10(13)5-6/h4-5H,1-3H3. The molecule has 0 saturated heterocycles. The second kappa shape index (κ2) is 3.49. The van der Waals surface area contributed by atoms with Crippen LogP contribution in [-0.4, -0.2) is 5.78 Å². The van der Waals surface area contributed by atoms with Crippen LogP contribution in [0.15, 0.2) is 21.0 Å². The van der Waals surface area contributed by atoms with Gasteiger partial charge in [-0.25, -0.2) is 0 Å². The van der Waals surface area contributed by atoms with Gasteiger partial charge in [0.1, 0.15) is 11.3 Å². The van der Waals surface area contributed by atoms with Gasteiger partial charge in [0.15, 0.2) is 5.78 Å². The van der Waals surface area contributed by atoms with Crippen molar-refractivity contribution in [3.05, 3.63) is 33.5 Å². The number of carbonyl (C=O) groups excluding carboxylic acids is 1. The molecule has 0 amide bonds. The third kappa shape index (κ3) is 1.61. The fourth-order valence-corrected chi connectivity index (χ4v) is 2.51. The van der Waals surface area contributed by atoms with Crippen molar-refractivity contribution >= 4 is 32.7 Å². The summed E-state index contributed by atoms with van der Waals surface area (Å²) in [5.41, 5.74) is 2.55. The Morgan fingerprint density at radius 2 is 2.00 bits per heavy atom. The molecule has 1 aromatic carbocycles. The average molecular weight is 267 g/mol. The maximum Gasteiger partial charge on any atom is 0.163 e. The van der Waals surface area contributed by atoms with E-state index >= 15 is 0 Å². The van der Waals surface area contributed by atoms with Crippen molar-refractivity contribution in [1.82, 2.24) is 0 Å². The first-order valence-electron chi connectivity index (χ1n) is 4.71. The molecule has 0 aliphatic rings. The van der Waals surface area contributed by atoms with Gasteiger partial charge in [0.05, 0.1) is 10.0 Å². The molecule has 2 rings (SSSR count). The highest BCUT2D eigenvalue weighted by molar-refractivity contribution is 9.10. The SMILES string of the molecule is CC(=O)c1c(C)oc2c(Br)cc(C)cc12. The first kappa shape index (κ1) is 10.4. The van der Waals surface area contributed by atoms with Crippen molar-refractivity contribution < 1.29 is 9.21 Å². The van der Waals surface area contributed by atoms with Crippen molar-refractivity contribution in [2.75, 3.05) is 0 Å². The lowest BCUT2D eigenvalue weighted by atomic mass is 10.1. The number of hydrogen-bond acceptors (Lipinski definition) is 2. The Morgan fingerprint density at radius 1 is 1.33 bits per heavy atom. The third-order valence-electron chi connectivity index (χ3n) is 2.42. The lowest BCUT2D eigenvalue weighted by Crippen LogP contribution is -1.92. The summed E-state index contributed by atoms with van der Waals surface area (Å²) in [6.07, 6.45) is 0. The number of halogens is 1. The summed E-state index contributed by atoms with van der Waals surface area (Å²) in [6, 6.07) is 3.96. The molecule has 1 aromatic heterocycles. The minimum Gasteiger partial charge on any atom is -0.459 e. The van der Waals surface area contributed by atoms with Gasteiger partial charge in [-0.2, -0.15) is 0 Å². The molecule has 0 aliphatic heterocycles. The first-order valence-corrected chi connectivity index (χ1v) is 5.50. The quantitative estimate of drug-likeness (QED) is 0.730. The van der Waals surface area contributed by atoms with E-state index in [0.717, 1.165) is 21.0 Å². The van der Waals surface area contributed by atoms with Crippen LogP contribution in [0.5, 0.6) is 0 Å². The number of aryl methyl sites for hydroxylation is 2. The van der Waals surface area contributed by atoms with Gasteiger partial charge in [-0.3, -0.25) is 4.79 Å². The summed E-state index contributed by atoms with van der Waals surface area (Å²) in [7, 11) is 0. The molecule has 0 saturated carbocycles. The molecule has 0 radical (unpaired) electrons. The minimum atomic E-state index is 0.0451. The molecular formula is C12H11BrO2. The molecule has 2 nitrogen and oxygen atoms in total. The van der Waals surface area contributed by atoms with Crippen LogP contribution in [0, 0.1) is 13.8 Å². The molecule has 78 valence electrons. The van der Waals surface area contributed by atoms with Crippen molar-refractivity contribution in [2.45, 2.75) is 20.8 Å². The van der Waals surface area contributed by atoms with E-state index in [1.807, 2.05) is 26.0 Å². The molecule has 2 aromatic rings. The summed E-state index contributed by atoms with van der Waals surface area (Å²) in [6.45, 7) is 5.38. The van der Waals surface area contributed by atoms with Crippen LogP contribution in [0.3, 0.4) is 0 Å². The fraction of sp³-hybridized carbons (Fsp3) is 0.250. The normalized spacial score (nSPS) is 10.9. The molecule has 0 spiro atoms. The van der Waals surface area contributed by atoms with Gasteiger partial charge in [0.2, 0.25) is 0 Å². The molecule has 1 heterocycles. The number of furan rings is 1. The zero-order valence-corrected chi connectivity index (χ0v) is 10.4. The van der Waals surface area contributed by atoms with Gasteiger partial charge < -0.3 is 4.42 Å². The maximum atomic E-state index is 11.5. The van der Waals surface area contributed by atoms with Crippen LogP contribution in [0.2, 0.25) is 0 Å². The lowest BCUT2D eigenvalue weighted by Gasteiger charge is -1.97. The van der Waals surface area contributed by atoms with E-state index in [9.17, 15) is 4.79 Å². The van der Waals surface area contributed by atoms with E-state index in [0.29, 0.717) is 11.3 Å². The van der Waals surface area contributed by atoms with Gasteiger partial charge in [-0.1, -0.05) is 0 Å². The molecule has 15 heavy (non-hydrogen) atoms. The van der Waals surface area contributed by atoms with Crippen molar-refractivity contribution in [1.29, 1.82) is 0 Å². The van der Waals surface area contributed by atoms with Crippen molar-refractivity contribution in [3.8, 4) is 0 Å². The molecule has 0 bridgehead atoms. The smallest absolute Gasteiger partial charge is 0.163 e. The molecule has 0 unspecified atom stereocenters. The Hall–Kier alpha value is -1.09. The Labute approximate surface area is 96.4 Å². The second-order valence-electron chi connectivity index (χ2n) is 3.71. The Morgan fingerprint density at radius 3 is 2.60 bits per heavy atom. The number of rotatable bonds is 1. The maximum absolute atomic E-state index is 11.5. The van der Waals surface area contributed by atoms with Gasteiger partial charge >= 0.3 is 0 Å². The summed E-state index contributed by atoms with van der Waals surface area (Å²) in [4.78, 5) is 11.5. The molecule has 0 aliphatic carbocycles. The fourth-order valence-electron chi connectivity index (χ4n) is 1.85. The number of ketones is 1. The zero-order chi connectivity index (χ0) is 11.2. The number of fused-ring (bicyclic) bond motifs is 1. The van der Waals surface area contributed by atoms with Gasteiger partial charge in [-0.05, 0) is 54.4 Å². The Balaban J connectivity index is 2.93. The van der Waals surface area contributed by atoms with Crippen LogP contribution in [-0.2, 0) is 0 Å². The van der Waals surface area contributed by atoms with E-state index in [4.69, 9.17) is 4.42 Å². The highest BCUT2D eigenvalue weighted by Crippen LogP contribution is 2.32. The molecule has 0 atom stereocenters. The molecule has 0 fully saturated rings. The zero-order valence-electron chi connectivity index (χ0n) is 8.85. The highest BCUT2D eigenvalue weighted by Gasteiger charge is 2.16. The third-order valence-corrected chi connectivity index (χ3v) is 3.01. The van der Waals surface area contributed by atoms with Crippen LogP contribution in [0.25, 0.3) is 11.0 Å². The Bertz CT molecular complexity index is 552. The molecule has 0 N–H and O–H groups in total. The molecular weight excluding hydrogens is 256 g/mol. The number of carbonyl (C=O) groups is 1. The number of benzene rings is 1. The molecule has 3 heteroatoms. The summed E-state index contributed by atoms with van der Waals surface area (Å²) < 4.78 is 6.47. The van der Waals surface area contributed by atoms with Crippen LogP contribution in [0.4, 0.5) is 0 Å². The summed E-state index contributed by atoms with van der Waals surface area (Å²) >= 11 is 3.44. The van der Waals surface area contributed by atoms with Crippen molar-refractivity contribution in [3.63, 3.8) is 0 Å². The van der Waals surface area contributed by atoms with Gasteiger partial charge in [-0.15, -0.1) is 0 Å². The lowest BCUT2D eigenvalue weighted by molar-refractivity contribution is 0.101. The van der Waals surface area contributed by atoms with Gasteiger partial charge in [0, 0.05) is 5.39 Å². The second-order valence-corrected chi connectivity index (χ2v) is 4.57. The summed E-state index contributed by atoms with van der Waals surface area (Å²) in [5, 5.41) is 0.895. The van der Waals surface area contributed by atoms with E-state index < -0.39 is 0 Å². The van der Waals surface area contributed by atoms with Crippen LogP contribution in [0.1, 0.15) is 28.6 Å². The number of Topliss-reactive ketones (excluding diaryl/α,β-unsaturated/α-hetero) is 1. The topological polar surface area (TPSA) is 30.2 Å². The van der Waals surface area contributed by atoms with E-state index in [2.05, 4.69) is 15.9 Å². The number of hydrogen-bond donors (Lipinski definition) is 0. The monoisotopic (exact) mass is 266 g/mol. The van der Waals surface area contributed by atoms with Gasteiger partial charge in [0.25, 0.3) is 0 Å². The summed E-state index contributed by atoms with van der Waals surface area (Å²) in [5.74, 6) is 0.729. The van der Waals surface area contributed by atoms with Crippen molar-refractivity contribution in [2.24, 2.45) is 0 Å². The highest BCUT2D eigenvalue weighted by atomic mass is 79.9. The Kier molecular flexibility index (Phi) is 2.43. The average Bonchev–Trinajstić information content (AvgIpc) is 2.41. The van der Waals surface area contributed by atoms with E-state index in [-0.39, 0.29) is 5.78 Å². The van der Waals surface area contributed by atoms with Crippen LogP contribution < -0.4 is 0 Å². The largest absolute Gasteiger partial charge is 0.459 e. The van der Waals surface area contributed by atoms with Crippen LogP contribution >= 0.6 is 15.9 Å². The van der Waals surface area contributed by atoms with E-state index in [1.165, 1.54) is 0 Å². The predicted molar refractivity (Wildman–Crippen MR) is 63.4 cm³/mol. The minimum absolute atomic E-state index is 0.0451. The van der Waals surface area contributed by atoms with E-state index in [1.54, 1.807) is 6.92 Å².